The molecule has 1 aliphatic carbocycles. The van der Waals surface area contributed by atoms with E-state index in [1.807, 2.05) is 0 Å². The molecule has 112 valence electrons. The van der Waals surface area contributed by atoms with Crippen LogP contribution in [0.25, 0.3) is 6.08 Å². The number of carboxylic acid groups (broad SMARTS) is 1. The van der Waals surface area contributed by atoms with E-state index in [1.165, 1.54) is 12.3 Å². The Balaban J connectivity index is 2.09. The minimum Gasteiger partial charge on any atom is -0.478 e. The molecule has 0 radical (unpaired) electrons. The molecule has 1 fully saturated rings. The largest absolute Gasteiger partial charge is 0.478 e. The van der Waals surface area contributed by atoms with E-state index in [0.29, 0.717) is 30.9 Å². The summed E-state index contributed by atoms with van der Waals surface area (Å²) in [5.74, 6) is -1.01. The van der Waals surface area contributed by atoms with Gasteiger partial charge in [-0.2, -0.15) is 0 Å². The third-order valence-corrected chi connectivity index (χ3v) is 3.54. The number of aliphatic carboxylic acids is 1. The van der Waals surface area contributed by atoms with Gasteiger partial charge in [-0.05, 0) is 30.9 Å². The Hall–Kier alpha value is -2.21. The molecule has 0 saturated heterocycles. The normalized spacial score (nSPS) is 21.0. The third kappa shape index (κ3) is 3.88. The molecule has 6 heteroatoms. The van der Waals surface area contributed by atoms with E-state index in [9.17, 15) is 14.7 Å². The number of pyridine rings is 1. The molecule has 1 aromatic heterocycles. The number of aliphatic hydroxyl groups is 1. The van der Waals surface area contributed by atoms with Crippen molar-refractivity contribution in [2.24, 2.45) is 5.92 Å². The molecule has 1 saturated carbocycles. The van der Waals surface area contributed by atoms with Gasteiger partial charge in [-0.3, -0.25) is 9.78 Å². The summed E-state index contributed by atoms with van der Waals surface area (Å²) in [6.45, 7) is 0.564. The van der Waals surface area contributed by atoms with Crippen LogP contribution in [0.4, 0.5) is 0 Å². The average Bonchev–Trinajstić information content (AvgIpc) is 2.42. The summed E-state index contributed by atoms with van der Waals surface area (Å²) in [6.07, 6.45) is 5.03. The molecule has 1 aromatic rings. The Kier molecular flexibility index (Phi) is 4.70. The minimum absolute atomic E-state index is 0.234. The number of carbonyl (C=O) groups excluding carboxylic acids is 1. The first kappa shape index (κ1) is 15.2. The standard InChI is InChI=1S/C15H18N2O4/c1-17(9-10-7-12(18)8-10)15(21)14-11(3-2-6-16-14)4-5-13(19)20/h2-6,10,12,18H,7-9H2,1H3,(H,19,20)/b5-4+. The van der Waals surface area contributed by atoms with Crippen LogP contribution in [0, 0.1) is 5.92 Å². The number of hydrogen-bond donors (Lipinski definition) is 2. The zero-order valence-electron chi connectivity index (χ0n) is 11.8. The van der Waals surface area contributed by atoms with Crippen molar-refractivity contribution in [1.29, 1.82) is 0 Å². The molecular formula is C15H18N2O4. The highest BCUT2D eigenvalue weighted by Gasteiger charge is 2.29. The zero-order chi connectivity index (χ0) is 15.4. The minimum atomic E-state index is -1.07. The van der Waals surface area contributed by atoms with Crippen LogP contribution in [0.2, 0.25) is 0 Å². The summed E-state index contributed by atoms with van der Waals surface area (Å²) >= 11 is 0. The fourth-order valence-electron chi connectivity index (χ4n) is 2.39. The number of amides is 1. The van der Waals surface area contributed by atoms with E-state index in [-0.39, 0.29) is 17.7 Å². The van der Waals surface area contributed by atoms with Gasteiger partial charge >= 0.3 is 5.97 Å². The summed E-state index contributed by atoms with van der Waals surface area (Å²) in [6, 6.07) is 3.31. The first-order valence-electron chi connectivity index (χ1n) is 6.77. The van der Waals surface area contributed by atoms with Gasteiger partial charge in [0.05, 0.1) is 6.10 Å². The van der Waals surface area contributed by atoms with Crippen molar-refractivity contribution in [1.82, 2.24) is 9.88 Å². The van der Waals surface area contributed by atoms with Crippen LogP contribution in [0.15, 0.2) is 24.4 Å². The predicted octanol–water partition coefficient (Wildman–Crippen LogP) is 1.02. The van der Waals surface area contributed by atoms with Crippen LogP contribution in [0.1, 0.15) is 28.9 Å². The van der Waals surface area contributed by atoms with E-state index in [2.05, 4.69) is 4.98 Å². The summed E-state index contributed by atoms with van der Waals surface area (Å²) < 4.78 is 0. The van der Waals surface area contributed by atoms with E-state index < -0.39 is 5.97 Å². The van der Waals surface area contributed by atoms with Crippen molar-refractivity contribution >= 4 is 18.0 Å². The maximum atomic E-state index is 12.4. The van der Waals surface area contributed by atoms with Gasteiger partial charge < -0.3 is 15.1 Å². The van der Waals surface area contributed by atoms with Crippen LogP contribution in [0.3, 0.4) is 0 Å². The maximum absolute atomic E-state index is 12.4. The van der Waals surface area contributed by atoms with Crippen molar-refractivity contribution in [3.63, 3.8) is 0 Å². The van der Waals surface area contributed by atoms with Crippen molar-refractivity contribution in [2.45, 2.75) is 18.9 Å². The summed E-state index contributed by atoms with van der Waals surface area (Å²) in [4.78, 5) is 28.6. The van der Waals surface area contributed by atoms with Gasteiger partial charge in [-0.15, -0.1) is 0 Å². The number of carbonyl (C=O) groups is 2. The number of nitrogens with zero attached hydrogens (tertiary/aromatic N) is 2. The highest BCUT2D eigenvalue weighted by Crippen LogP contribution is 2.28. The van der Waals surface area contributed by atoms with Crippen molar-refractivity contribution < 1.29 is 19.8 Å². The lowest BCUT2D eigenvalue weighted by molar-refractivity contribution is -0.131. The van der Waals surface area contributed by atoms with Crippen molar-refractivity contribution in [3.8, 4) is 0 Å². The summed E-state index contributed by atoms with van der Waals surface area (Å²) in [5, 5.41) is 17.9. The molecule has 6 nitrogen and oxygen atoms in total. The topological polar surface area (TPSA) is 90.7 Å². The van der Waals surface area contributed by atoms with Gasteiger partial charge in [0.1, 0.15) is 5.69 Å². The van der Waals surface area contributed by atoms with Gasteiger partial charge in [0.25, 0.3) is 5.91 Å². The van der Waals surface area contributed by atoms with Crippen LogP contribution in [-0.4, -0.2) is 51.7 Å². The van der Waals surface area contributed by atoms with Crippen LogP contribution in [-0.2, 0) is 4.79 Å². The zero-order valence-corrected chi connectivity index (χ0v) is 11.8. The number of aromatic nitrogens is 1. The molecule has 1 heterocycles. The average molecular weight is 290 g/mol. The number of carboxylic acids is 1. The van der Waals surface area contributed by atoms with E-state index in [4.69, 9.17) is 5.11 Å². The lowest BCUT2D eigenvalue weighted by atomic mass is 9.82. The molecule has 2 rings (SSSR count). The number of hydrogen-bond acceptors (Lipinski definition) is 4. The summed E-state index contributed by atoms with van der Waals surface area (Å²) in [7, 11) is 1.69. The Morgan fingerprint density at radius 2 is 2.19 bits per heavy atom. The molecule has 2 N–H and O–H groups in total. The number of rotatable bonds is 5. The third-order valence-electron chi connectivity index (χ3n) is 3.54. The first-order valence-corrected chi connectivity index (χ1v) is 6.77. The van der Waals surface area contributed by atoms with Crippen molar-refractivity contribution in [2.75, 3.05) is 13.6 Å². The number of aliphatic hydroxyl groups excluding tert-OH is 1. The molecule has 0 unspecified atom stereocenters. The molecule has 0 atom stereocenters. The van der Waals surface area contributed by atoms with E-state index in [0.717, 1.165) is 6.08 Å². The summed E-state index contributed by atoms with van der Waals surface area (Å²) in [5.41, 5.74) is 0.711. The molecule has 0 aromatic carbocycles. The second-order valence-electron chi connectivity index (χ2n) is 5.29. The fraction of sp³-hybridized carbons (Fsp3) is 0.400. The fourth-order valence-corrected chi connectivity index (χ4v) is 2.39. The molecule has 0 spiro atoms. The Morgan fingerprint density at radius 3 is 2.81 bits per heavy atom. The van der Waals surface area contributed by atoms with E-state index in [1.54, 1.807) is 24.1 Å². The van der Waals surface area contributed by atoms with Gasteiger partial charge in [-0.1, -0.05) is 6.07 Å². The van der Waals surface area contributed by atoms with Gasteiger partial charge in [0.2, 0.25) is 0 Å². The molecule has 1 aliphatic rings. The van der Waals surface area contributed by atoms with Crippen LogP contribution >= 0.6 is 0 Å². The second-order valence-corrected chi connectivity index (χ2v) is 5.29. The monoisotopic (exact) mass is 290 g/mol. The highest BCUT2D eigenvalue weighted by molar-refractivity contribution is 5.97. The second kappa shape index (κ2) is 6.49. The van der Waals surface area contributed by atoms with Gasteiger partial charge in [0.15, 0.2) is 0 Å². The quantitative estimate of drug-likeness (QED) is 0.790. The molecule has 1 amide bonds. The van der Waals surface area contributed by atoms with Crippen LogP contribution < -0.4 is 0 Å². The Labute approximate surface area is 122 Å². The van der Waals surface area contributed by atoms with Crippen molar-refractivity contribution in [3.05, 3.63) is 35.7 Å². The maximum Gasteiger partial charge on any atom is 0.328 e. The lowest BCUT2D eigenvalue weighted by Crippen LogP contribution is -2.39. The SMILES string of the molecule is CN(CC1CC(O)C1)C(=O)c1ncccc1/C=C/C(=O)O. The molecule has 0 aliphatic heterocycles. The van der Waals surface area contributed by atoms with Gasteiger partial charge in [0, 0.05) is 31.4 Å². The lowest BCUT2D eigenvalue weighted by Gasteiger charge is -2.34. The van der Waals surface area contributed by atoms with E-state index >= 15 is 0 Å². The molecule has 21 heavy (non-hydrogen) atoms. The molecular weight excluding hydrogens is 272 g/mol. The Bertz CT molecular complexity index is 565. The predicted molar refractivity (Wildman–Crippen MR) is 76.6 cm³/mol. The van der Waals surface area contributed by atoms with Gasteiger partial charge in [-0.25, -0.2) is 4.79 Å². The molecule has 0 bridgehead atoms. The van der Waals surface area contributed by atoms with Crippen LogP contribution in [0.5, 0.6) is 0 Å². The Morgan fingerprint density at radius 1 is 1.48 bits per heavy atom. The smallest absolute Gasteiger partial charge is 0.328 e. The highest BCUT2D eigenvalue weighted by atomic mass is 16.4. The first-order chi connectivity index (χ1) is 9.97.